The Morgan fingerprint density at radius 3 is 2.33 bits per heavy atom. The second-order valence-electron chi connectivity index (χ2n) is 7.82. The van der Waals surface area contributed by atoms with Crippen molar-refractivity contribution in [2.75, 3.05) is 31.7 Å². The molecule has 0 saturated carbocycles. The van der Waals surface area contributed by atoms with Crippen LogP contribution in [0.3, 0.4) is 0 Å². The van der Waals surface area contributed by atoms with Crippen molar-refractivity contribution in [3.63, 3.8) is 0 Å². The second kappa shape index (κ2) is 12.7. The van der Waals surface area contributed by atoms with Crippen molar-refractivity contribution in [1.82, 2.24) is 14.6 Å². The minimum Gasteiger partial charge on any atom is -0.461 e. The first-order chi connectivity index (χ1) is 18.7. The summed E-state index contributed by atoms with van der Waals surface area (Å²) in [7, 11) is 0. The van der Waals surface area contributed by atoms with Gasteiger partial charge in [-0.1, -0.05) is 0 Å². The molecule has 210 valence electrons. The number of nitriles is 1. The zero-order valence-corrected chi connectivity index (χ0v) is 21.6. The molecule has 4 atom stereocenters. The number of hydrogen-bond donors (Lipinski definition) is 1. The van der Waals surface area contributed by atoms with Gasteiger partial charge in [-0.05, 0) is 32.9 Å². The fraction of sp³-hybridized carbons (Fsp3) is 0.522. The van der Waals surface area contributed by atoms with Crippen LogP contribution in [0, 0.1) is 11.3 Å². The summed E-state index contributed by atoms with van der Waals surface area (Å²) in [6, 6.07) is 4.91. The topological polar surface area (TPSA) is 199 Å². The molecule has 39 heavy (non-hydrogen) atoms. The van der Waals surface area contributed by atoms with Crippen LogP contribution in [0.15, 0.2) is 18.5 Å². The van der Waals surface area contributed by atoms with Crippen LogP contribution in [0.4, 0.5) is 20.2 Å². The highest BCUT2D eigenvalue weighted by Crippen LogP contribution is 2.44. The second-order valence-corrected chi connectivity index (χ2v) is 7.82. The predicted octanol–water partition coefficient (Wildman–Crippen LogP) is 2.28. The molecule has 16 heteroatoms. The number of carbonyl (C=O) groups is 4. The van der Waals surface area contributed by atoms with E-state index in [1.54, 1.807) is 13.8 Å². The molecule has 0 aromatic carbocycles. The number of esters is 1. The van der Waals surface area contributed by atoms with Gasteiger partial charge in [-0.2, -0.15) is 10.4 Å². The van der Waals surface area contributed by atoms with Crippen LogP contribution < -0.4 is 5.32 Å². The molecule has 0 radical (unpaired) electrons. The summed E-state index contributed by atoms with van der Waals surface area (Å²) in [5, 5.41) is 16.8. The molecule has 0 spiro atoms. The number of anilines is 1. The highest BCUT2D eigenvalue weighted by atomic mass is 16.8. The summed E-state index contributed by atoms with van der Waals surface area (Å²) in [6.07, 6.45) is -6.41. The smallest absolute Gasteiger partial charge is 0.461 e. The summed E-state index contributed by atoms with van der Waals surface area (Å²) in [4.78, 5) is 52.4. The molecule has 2 aromatic heterocycles. The number of ether oxygens (including phenoxy) is 7. The third-order valence-corrected chi connectivity index (χ3v) is 5.32. The minimum atomic E-state index is -2.14. The number of rotatable bonds is 9. The molecule has 3 heterocycles. The van der Waals surface area contributed by atoms with Crippen LogP contribution in [0.25, 0.3) is 5.52 Å². The number of nitrogens with one attached hydrogen (secondary N) is 1. The molecule has 1 saturated heterocycles. The normalized spacial score (nSPS) is 21.9. The van der Waals surface area contributed by atoms with Gasteiger partial charge in [0, 0.05) is 6.92 Å². The van der Waals surface area contributed by atoms with Crippen molar-refractivity contribution >= 4 is 35.7 Å². The monoisotopic (exact) mass is 549 g/mol. The zero-order valence-electron chi connectivity index (χ0n) is 21.6. The maximum Gasteiger partial charge on any atom is 0.508 e. The molecule has 2 aromatic rings. The number of fused-ring (bicyclic) bond motifs is 1. The number of aromatic nitrogens is 3. The number of nitrogens with zero attached hydrogens (tertiary/aromatic N) is 4. The Morgan fingerprint density at radius 1 is 1.05 bits per heavy atom. The van der Waals surface area contributed by atoms with E-state index in [0.29, 0.717) is 0 Å². The van der Waals surface area contributed by atoms with Gasteiger partial charge in [-0.15, -0.1) is 0 Å². The van der Waals surface area contributed by atoms with E-state index < -0.39 is 54.9 Å². The van der Waals surface area contributed by atoms with E-state index in [1.807, 2.05) is 6.07 Å². The third kappa shape index (κ3) is 6.44. The Hall–Kier alpha value is -4.65. The van der Waals surface area contributed by atoms with Crippen LogP contribution in [0.1, 0.15) is 39.5 Å². The molecule has 1 aliphatic rings. The number of carbonyl (C=O) groups excluding carboxylic acids is 4. The predicted molar refractivity (Wildman–Crippen MR) is 126 cm³/mol. The van der Waals surface area contributed by atoms with Gasteiger partial charge >= 0.3 is 24.4 Å². The molecule has 0 unspecified atom stereocenters. The van der Waals surface area contributed by atoms with E-state index in [0.717, 1.165) is 13.3 Å². The van der Waals surface area contributed by atoms with E-state index in [1.165, 1.54) is 23.6 Å². The first kappa shape index (κ1) is 28.9. The van der Waals surface area contributed by atoms with Gasteiger partial charge in [0.15, 0.2) is 18.0 Å². The van der Waals surface area contributed by atoms with Crippen LogP contribution in [0.5, 0.6) is 0 Å². The first-order valence-electron chi connectivity index (χ1n) is 11.8. The Bertz CT molecular complexity index is 1260. The third-order valence-electron chi connectivity index (χ3n) is 5.32. The Balaban J connectivity index is 2.12. The standard InChI is InChI=1S/C23H27N5O11/c1-5-33-20(30)27-19-15-9-8-14(28(15)26-12-25-19)16-17(37-21(31)34-6-2)18(38-22(32)35-7-3)23(10-24,39-16)11-36-13(4)29/h8-9,12,16-18H,5-7,11H2,1-4H3,(H,25,26,27,30)/t16-,17-,18-,23+/m0/s1. The molecule has 1 fully saturated rings. The fourth-order valence-electron chi connectivity index (χ4n) is 3.79. The molecule has 0 aliphatic carbocycles. The van der Waals surface area contributed by atoms with Gasteiger partial charge in [0.05, 0.1) is 25.5 Å². The first-order valence-corrected chi connectivity index (χ1v) is 11.8. The van der Waals surface area contributed by atoms with Crippen molar-refractivity contribution in [1.29, 1.82) is 5.26 Å². The van der Waals surface area contributed by atoms with Gasteiger partial charge in [-0.3, -0.25) is 10.1 Å². The quantitative estimate of drug-likeness (QED) is 0.353. The van der Waals surface area contributed by atoms with E-state index in [2.05, 4.69) is 15.4 Å². The zero-order chi connectivity index (χ0) is 28.6. The van der Waals surface area contributed by atoms with Crippen molar-refractivity contribution in [2.45, 2.75) is 51.6 Å². The highest BCUT2D eigenvalue weighted by Gasteiger charge is 2.62. The van der Waals surface area contributed by atoms with Crippen LogP contribution in [0.2, 0.25) is 0 Å². The average Bonchev–Trinajstić information content (AvgIpc) is 3.44. The van der Waals surface area contributed by atoms with Crippen molar-refractivity contribution < 1.29 is 52.3 Å². The van der Waals surface area contributed by atoms with Crippen LogP contribution in [-0.4, -0.2) is 83.2 Å². The van der Waals surface area contributed by atoms with E-state index >= 15 is 0 Å². The van der Waals surface area contributed by atoms with Crippen molar-refractivity contribution in [2.24, 2.45) is 0 Å². The van der Waals surface area contributed by atoms with Crippen LogP contribution in [-0.2, 0) is 38.0 Å². The maximum absolute atomic E-state index is 12.4. The molecule has 3 rings (SSSR count). The molecule has 16 nitrogen and oxygen atoms in total. The van der Waals surface area contributed by atoms with E-state index in [9.17, 15) is 24.4 Å². The lowest BCUT2D eigenvalue weighted by Crippen LogP contribution is -2.49. The van der Waals surface area contributed by atoms with E-state index in [4.69, 9.17) is 33.2 Å². The Labute approximate surface area is 222 Å². The molecule has 1 amide bonds. The fourth-order valence-corrected chi connectivity index (χ4v) is 3.79. The minimum absolute atomic E-state index is 0.0402. The SMILES string of the molecule is CCOC(=O)Nc1ncnn2c([C@@H]3O[C@](C#N)(COC(C)=O)[C@@H](OC(=O)OCC)[C@H]3OC(=O)OCC)ccc12. The molecule has 1 aliphatic heterocycles. The van der Waals surface area contributed by atoms with Gasteiger partial charge < -0.3 is 33.2 Å². The summed E-state index contributed by atoms with van der Waals surface area (Å²) < 4.78 is 37.9. The summed E-state index contributed by atoms with van der Waals surface area (Å²) in [6.45, 7) is 5.18. The van der Waals surface area contributed by atoms with Crippen LogP contribution >= 0.6 is 0 Å². The highest BCUT2D eigenvalue weighted by molar-refractivity contribution is 5.88. The summed E-state index contributed by atoms with van der Waals surface area (Å²) >= 11 is 0. The lowest BCUT2D eigenvalue weighted by molar-refractivity contribution is -0.153. The summed E-state index contributed by atoms with van der Waals surface area (Å²) in [5.41, 5.74) is -1.65. The largest absolute Gasteiger partial charge is 0.508 e. The average molecular weight is 549 g/mol. The van der Waals surface area contributed by atoms with Gasteiger partial charge in [-0.25, -0.2) is 23.9 Å². The van der Waals surface area contributed by atoms with Gasteiger partial charge in [0.1, 0.15) is 30.6 Å². The molecular weight excluding hydrogens is 522 g/mol. The molecule has 1 N–H and O–H groups in total. The lowest BCUT2D eigenvalue weighted by atomic mass is 9.95. The summed E-state index contributed by atoms with van der Waals surface area (Å²) in [5.74, 6) is -0.661. The van der Waals surface area contributed by atoms with Crippen molar-refractivity contribution in [3.05, 3.63) is 24.2 Å². The van der Waals surface area contributed by atoms with Gasteiger partial charge in [0.2, 0.25) is 5.60 Å². The Kier molecular flexibility index (Phi) is 9.44. The lowest BCUT2D eigenvalue weighted by Gasteiger charge is -2.27. The van der Waals surface area contributed by atoms with Crippen molar-refractivity contribution in [3.8, 4) is 6.07 Å². The Morgan fingerprint density at radius 2 is 1.72 bits per heavy atom. The number of amides is 1. The maximum atomic E-state index is 12.4. The van der Waals surface area contributed by atoms with Gasteiger partial charge in [0.25, 0.3) is 0 Å². The molecule has 0 bridgehead atoms. The molecular formula is C23H27N5O11. The number of hydrogen-bond acceptors (Lipinski definition) is 14. The van der Waals surface area contributed by atoms with E-state index in [-0.39, 0.29) is 36.8 Å².